The van der Waals surface area contributed by atoms with E-state index in [1.54, 1.807) is 12.1 Å². The van der Waals surface area contributed by atoms with Crippen molar-refractivity contribution in [1.29, 1.82) is 0 Å². The van der Waals surface area contributed by atoms with Crippen molar-refractivity contribution < 1.29 is 24.2 Å². The van der Waals surface area contributed by atoms with Crippen LogP contribution in [0.5, 0.6) is 5.75 Å². The molecule has 0 spiro atoms. The summed E-state index contributed by atoms with van der Waals surface area (Å²) in [4.78, 5) is 41.5. The van der Waals surface area contributed by atoms with Gasteiger partial charge >= 0.3 is 5.97 Å². The highest BCUT2D eigenvalue weighted by Gasteiger charge is 2.23. The highest BCUT2D eigenvalue weighted by molar-refractivity contribution is 8.00. The molecule has 39 heavy (non-hydrogen) atoms. The number of aromatic nitrogens is 1. The van der Waals surface area contributed by atoms with E-state index in [1.165, 1.54) is 23.1 Å². The van der Waals surface area contributed by atoms with E-state index in [-0.39, 0.29) is 24.7 Å². The fourth-order valence-electron chi connectivity index (χ4n) is 3.62. The minimum atomic E-state index is -1.02. The predicted molar refractivity (Wildman–Crippen MR) is 154 cm³/mol. The lowest BCUT2D eigenvalue weighted by Crippen LogP contribution is -2.19. The lowest BCUT2D eigenvalue weighted by Gasteiger charge is -2.16. The Morgan fingerprint density at radius 3 is 2.33 bits per heavy atom. The van der Waals surface area contributed by atoms with Crippen LogP contribution in [-0.2, 0) is 14.4 Å². The van der Waals surface area contributed by atoms with Gasteiger partial charge in [0, 0.05) is 27.9 Å². The van der Waals surface area contributed by atoms with Crippen molar-refractivity contribution in [2.24, 2.45) is 0 Å². The first kappa shape index (κ1) is 27.9. The lowest BCUT2D eigenvalue weighted by atomic mass is 10.1. The van der Waals surface area contributed by atoms with Gasteiger partial charge in [0.25, 0.3) is 0 Å². The average molecular weight is 562 g/mol. The van der Waals surface area contributed by atoms with Crippen LogP contribution in [0.15, 0.2) is 89.1 Å². The topological polar surface area (TPSA) is 118 Å². The van der Waals surface area contributed by atoms with Crippen molar-refractivity contribution in [1.82, 2.24) is 4.98 Å². The molecule has 0 saturated carbocycles. The number of hydrogen-bond acceptors (Lipinski definition) is 7. The summed E-state index contributed by atoms with van der Waals surface area (Å²) in [6, 6.07) is 24.2. The molecule has 0 bridgehead atoms. The Labute approximate surface area is 234 Å². The van der Waals surface area contributed by atoms with E-state index in [0.29, 0.717) is 17.4 Å². The van der Waals surface area contributed by atoms with Crippen LogP contribution in [0.2, 0.25) is 0 Å². The summed E-state index contributed by atoms with van der Waals surface area (Å²) in [5, 5.41) is 16.2. The third-order valence-electron chi connectivity index (χ3n) is 5.49. The molecule has 4 aromatic rings. The van der Waals surface area contributed by atoms with Crippen LogP contribution < -0.4 is 15.4 Å². The highest BCUT2D eigenvalue weighted by Crippen LogP contribution is 2.37. The van der Waals surface area contributed by atoms with Gasteiger partial charge in [0.1, 0.15) is 11.0 Å². The van der Waals surface area contributed by atoms with E-state index in [4.69, 9.17) is 9.84 Å². The maximum atomic E-state index is 13.4. The Morgan fingerprint density at radius 1 is 0.949 bits per heavy atom. The van der Waals surface area contributed by atoms with Crippen molar-refractivity contribution in [2.45, 2.75) is 29.9 Å². The molecule has 8 nitrogen and oxygen atoms in total. The van der Waals surface area contributed by atoms with E-state index < -0.39 is 11.2 Å². The molecule has 1 atom stereocenters. The van der Waals surface area contributed by atoms with Gasteiger partial charge in [-0.1, -0.05) is 30.3 Å². The van der Waals surface area contributed by atoms with Gasteiger partial charge in [0.05, 0.1) is 18.7 Å². The lowest BCUT2D eigenvalue weighted by molar-refractivity contribution is -0.138. The maximum absolute atomic E-state index is 13.4. The number of hydrogen-bond donors (Lipinski definition) is 3. The summed E-state index contributed by atoms with van der Waals surface area (Å²) in [5.74, 6) is -0.800. The van der Waals surface area contributed by atoms with E-state index in [0.717, 1.165) is 27.5 Å². The number of aliphatic carboxylic acids is 1. The minimum absolute atomic E-state index is 0.0981. The molecule has 0 aliphatic rings. The van der Waals surface area contributed by atoms with Gasteiger partial charge in [-0.3, -0.25) is 14.4 Å². The predicted octanol–water partition coefficient (Wildman–Crippen LogP) is 6.48. The average Bonchev–Trinajstić information content (AvgIpc) is 3.41. The van der Waals surface area contributed by atoms with E-state index in [9.17, 15) is 14.4 Å². The van der Waals surface area contributed by atoms with Gasteiger partial charge in [-0.05, 0) is 61.0 Å². The van der Waals surface area contributed by atoms with Gasteiger partial charge in [0.15, 0.2) is 5.13 Å². The normalized spacial score (nSPS) is 11.4. The molecule has 10 heteroatoms. The molecule has 200 valence electrons. The smallest absolute Gasteiger partial charge is 0.303 e. The number of carboxylic acids is 1. The quantitative estimate of drug-likeness (QED) is 0.169. The summed E-state index contributed by atoms with van der Waals surface area (Å²) in [5.41, 5.74) is 3.09. The summed E-state index contributed by atoms with van der Waals surface area (Å²) in [7, 11) is 0. The molecule has 0 aliphatic heterocycles. The Morgan fingerprint density at radius 2 is 1.67 bits per heavy atom. The number of carboxylic acid groups (broad SMARTS) is 1. The number of nitrogens with one attached hydrogen (secondary N) is 2. The maximum Gasteiger partial charge on any atom is 0.303 e. The van der Waals surface area contributed by atoms with Crippen molar-refractivity contribution in [3.05, 3.63) is 89.8 Å². The molecule has 3 N–H and O–H groups in total. The highest BCUT2D eigenvalue weighted by atomic mass is 32.2. The second kappa shape index (κ2) is 13.6. The molecule has 0 saturated heterocycles. The largest absolute Gasteiger partial charge is 0.494 e. The van der Waals surface area contributed by atoms with Gasteiger partial charge in [-0.25, -0.2) is 4.98 Å². The second-order valence-electron chi connectivity index (χ2n) is 8.36. The molecule has 1 unspecified atom stereocenters. The molecule has 2 amide bonds. The van der Waals surface area contributed by atoms with E-state index >= 15 is 0 Å². The van der Waals surface area contributed by atoms with Crippen molar-refractivity contribution in [3.8, 4) is 17.0 Å². The van der Waals surface area contributed by atoms with Gasteiger partial charge in [0.2, 0.25) is 11.8 Å². The minimum Gasteiger partial charge on any atom is -0.494 e. The number of nitrogens with zero attached hydrogens (tertiary/aromatic N) is 1. The van der Waals surface area contributed by atoms with Crippen molar-refractivity contribution in [2.75, 3.05) is 17.2 Å². The Balaban J connectivity index is 1.44. The Hall–Kier alpha value is -4.15. The number of thiazole rings is 1. The molecule has 0 radical (unpaired) electrons. The van der Waals surface area contributed by atoms with Crippen LogP contribution in [0.1, 0.15) is 30.6 Å². The number of thioether (sulfide) groups is 1. The van der Waals surface area contributed by atoms with Crippen LogP contribution in [0.3, 0.4) is 0 Å². The van der Waals surface area contributed by atoms with Gasteiger partial charge < -0.3 is 20.5 Å². The number of benzene rings is 3. The number of rotatable bonds is 12. The van der Waals surface area contributed by atoms with Crippen LogP contribution in [-0.4, -0.2) is 34.5 Å². The first-order chi connectivity index (χ1) is 18.9. The zero-order valence-corrected chi connectivity index (χ0v) is 22.8. The van der Waals surface area contributed by atoms with E-state index in [1.807, 2.05) is 79.0 Å². The Kier molecular flexibility index (Phi) is 9.71. The summed E-state index contributed by atoms with van der Waals surface area (Å²) in [6.45, 7) is 2.54. The molecule has 1 aromatic heterocycles. The SMILES string of the molecule is CCOc1ccc(-c2csc(NC(=O)C(Sc3ccc(NC(=O)CCC(=O)O)cc3)c3ccccc3)n2)cc1. The fourth-order valence-corrected chi connectivity index (χ4v) is 5.37. The summed E-state index contributed by atoms with van der Waals surface area (Å²) >= 11 is 2.74. The summed E-state index contributed by atoms with van der Waals surface area (Å²) < 4.78 is 5.50. The van der Waals surface area contributed by atoms with Crippen LogP contribution in [0, 0.1) is 0 Å². The molecule has 3 aromatic carbocycles. The molecule has 0 aliphatic carbocycles. The summed E-state index contributed by atoms with van der Waals surface area (Å²) in [6.07, 6.45) is -0.326. The van der Waals surface area contributed by atoms with Crippen molar-refractivity contribution >= 4 is 51.7 Å². The van der Waals surface area contributed by atoms with E-state index in [2.05, 4.69) is 15.6 Å². The number of anilines is 2. The second-order valence-corrected chi connectivity index (χ2v) is 10.4. The third-order valence-corrected chi connectivity index (χ3v) is 7.52. The zero-order chi connectivity index (χ0) is 27.6. The van der Waals surface area contributed by atoms with Gasteiger partial charge in [-0.2, -0.15) is 0 Å². The van der Waals surface area contributed by atoms with Crippen molar-refractivity contribution in [3.63, 3.8) is 0 Å². The molecular formula is C29H27N3O5S2. The first-order valence-electron chi connectivity index (χ1n) is 12.2. The zero-order valence-electron chi connectivity index (χ0n) is 21.1. The molecule has 1 heterocycles. The van der Waals surface area contributed by atoms with Crippen LogP contribution in [0.4, 0.5) is 10.8 Å². The standard InChI is InChI=1S/C29H27N3O5S2/c1-2-37-22-12-8-19(9-13-22)24-18-38-29(31-24)32-28(36)27(20-6-4-3-5-7-20)39-23-14-10-21(11-15-23)30-25(33)16-17-26(34)35/h3-15,18,27H,2,16-17H2,1H3,(H,30,33)(H,34,35)(H,31,32,36). The first-order valence-corrected chi connectivity index (χ1v) is 14.0. The Bertz CT molecular complexity index is 1410. The number of carbonyl (C=O) groups excluding carboxylic acids is 2. The third kappa shape index (κ3) is 8.17. The number of carbonyl (C=O) groups is 3. The monoisotopic (exact) mass is 561 g/mol. The fraction of sp³-hybridized carbons (Fsp3) is 0.172. The molecule has 4 rings (SSSR count). The van der Waals surface area contributed by atoms with Crippen LogP contribution >= 0.6 is 23.1 Å². The van der Waals surface area contributed by atoms with Crippen LogP contribution in [0.25, 0.3) is 11.3 Å². The molecular weight excluding hydrogens is 534 g/mol. The molecule has 0 fully saturated rings. The number of ether oxygens (including phenoxy) is 1. The van der Waals surface area contributed by atoms with Gasteiger partial charge in [-0.15, -0.1) is 23.1 Å². The number of amides is 2.